The van der Waals surface area contributed by atoms with Gasteiger partial charge in [0.05, 0.1) is 27.5 Å². The van der Waals surface area contributed by atoms with Crippen molar-refractivity contribution in [3.63, 3.8) is 0 Å². The standard InChI is InChI=1S/C25H24N2O7/c1-29-19-10-18(11-20(12-19)30-2)25(28)27-26-13-16-4-6-21(23(8-16)31-3)32-14-17-5-7-22-24(9-17)34-15-33-22/h4-13H,14-15H2,1-3H3,(H,27,28). The van der Waals surface area contributed by atoms with E-state index in [0.717, 1.165) is 16.9 Å². The Morgan fingerprint density at radius 3 is 2.41 bits per heavy atom. The first-order valence-electron chi connectivity index (χ1n) is 10.4. The molecule has 34 heavy (non-hydrogen) atoms. The molecule has 0 spiro atoms. The average molecular weight is 464 g/mol. The molecule has 1 aliphatic heterocycles. The van der Waals surface area contributed by atoms with E-state index in [1.54, 1.807) is 37.4 Å². The summed E-state index contributed by atoms with van der Waals surface area (Å²) in [6, 6.07) is 15.9. The molecule has 1 N–H and O–H groups in total. The lowest BCUT2D eigenvalue weighted by atomic mass is 10.2. The second-order valence-corrected chi connectivity index (χ2v) is 7.19. The van der Waals surface area contributed by atoms with Crippen LogP contribution in [0.15, 0.2) is 59.7 Å². The van der Waals surface area contributed by atoms with Crippen molar-refractivity contribution in [2.45, 2.75) is 6.61 Å². The van der Waals surface area contributed by atoms with Gasteiger partial charge in [-0.05, 0) is 53.6 Å². The average Bonchev–Trinajstić information content (AvgIpc) is 3.35. The first-order valence-corrected chi connectivity index (χ1v) is 10.4. The Bertz CT molecular complexity index is 1190. The van der Waals surface area contributed by atoms with Crippen LogP contribution in [0.3, 0.4) is 0 Å². The number of benzene rings is 3. The number of hydrogen-bond donors (Lipinski definition) is 1. The number of methoxy groups -OCH3 is 3. The summed E-state index contributed by atoms with van der Waals surface area (Å²) in [4.78, 5) is 12.4. The van der Waals surface area contributed by atoms with Crippen LogP contribution in [0, 0.1) is 0 Å². The van der Waals surface area contributed by atoms with Crippen LogP contribution in [0.25, 0.3) is 0 Å². The minimum Gasteiger partial charge on any atom is -0.497 e. The Hall–Kier alpha value is -4.40. The Morgan fingerprint density at radius 2 is 1.68 bits per heavy atom. The molecule has 9 nitrogen and oxygen atoms in total. The largest absolute Gasteiger partial charge is 0.497 e. The smallest absolute Gasteiger partial charge is 0.271 e. The molecule has 9 heteroatoms. The lowest BCUT2D eigenvalue weighted by molar-refractivity contribution is 0.0954. The maximum atomic E-state index is 12.4. The van der Waals surface area contributed by atoms with Crippen molar-refractivity contribution in [1.29, 1.82) is 0 Å². The van der Waals surface area contributed by atoms with Gasteiger partial charge in [-0.2, -0.15) is 5.10 Å². The predicted octanol–water partition coefficient (Wildman–Crippen LogP) is 3.78. The number of ether oxygens (including phenoxy) is 6. The van der Waals surface area contributed by atoms with Crippen LogP contribution in [-0.4, -0.2) is 40.2 Å². The second kappa shape index (κ2) is 10.5. The third-order valence-electron chi connectivity index (χ3n) is 5.01. The van der Waals surface area contributed by atoms with Crippen LogP contribution >= 0.6 is 0 Å². The molecule has 4 rings (SSSR count). The van der Waals surface area contributed by atoms with Gasteiger partial charge < -0.3 is 28.4 Å². The number of hydrazone groups is 1. The molecule has 0 atom stereocenters. The van der Waals surface area contributed by atoms with Crippen LogP contribution < -0.4 is 33.8 Å². The normalized spacial score (nSPS) is 11.9. The third kappa shape index (κ3) is 5.32. The van der Waals surface area contributed by atoms with Crippen LogP contribution in [0.5, 0.6) is 34.5 Å². The summed E-state index contributed by atoms with van der Waals surface area (Å²) in [5.74, 6) is 3.16. The van der Waals surface area contributed by atoms with E-state index >= 15 is 0 Å². The van der Waals surface area contributed by atoms with Crippen molar-refractivity contribution < 1.29 is 33.2 Å². The quantitative estimate of drug-likeness (QED) is 0.380. The van der Waals surface area contributed by atoms with Gasteiger partial charge in [-0.1, -0.05) is 6.07 Å². The summed E-state index contributed by atoms with van der Waals surface area (Å²) in [6.07, 6.45) is 1.51. The van der Waals surface area contributed by atoms with E-state index in [1.165, 1.54) is 20.4 Å². The van der Waals surface area contributed by atoms with E-state index in [-0.39, 0.29) is 6.79 Å². The van der Waals surface area contributed by atoms with Crippen LogP contribution in [0.2, 0.25) is 0 Å². The van der Waals surface area contributed by atoms with Gasteiger partial charge in [-0.15, -0.1) is 0 Å². The third-order valence-corrected chi connectivity index (χ3v) is 5.01. The summed E-state index contributed by atoms with van der Waals surface area (Å²) in [6.45, 7) is 0.561. The zero-order valence-corrected chi connectivity index (χ0v) is 19.0. The molecule has 1 aliphatic rings. The van der Waals surface area contributed by atoms with E-state index in [4.69, 9.17) is 28.4 Å². The Balaban J connectivity index is 1.39. The van der Waals surface area contributed by atoms with Gasteiger partial charge in [0, 0.05) is 11.6 Å². The van der Waals surface area contributed by atoms with Crippen LogP contribution in [0.1, 0.15) is 21.5 Å². The molecule has 3 aromatic carbocycles. The van der Waals surface area contributed by atoms with Gasteiger partial charge in [0.15, 0.2) is 23.0 Å². The van der Waals surface area contributed by atoms with E-state index in [2.05, 4.69) is 10.5 Å². The van der Waals surface area contributed by atoms with Crippen LogP contribution in [-0.2, 0) is 6.61 Å². The molecule has 0 bridgehead atoms. The molecule has 0 saturated carbocycles. The highest BCUT2D eigenvalue weighted by molar-refractivity contribution is 5.95. The van der Waals surface area contributed by atoms with E-state index in [9.17, 15) is 4.79 Å². The Labute approximate surface area is 196 Å². The number of carbonyl (C=O) groups is 1. The molecule has 0 aliphatic carbocycles. The SMILES string of the molecule is COc1cc(OC)cc(C(=O)NN=Cc2ccc(OCc3ccc4c(c3)OCO4)c(OC)c2)c1. The summed E-state index contributed by atoms with van der Waals surface area (Å²) < 4.78 is 32.5. The summed E-state index contributed by atoms with van der Waals surface area (Å²) in [5, 5.41) is 4.03. The van der Waals surface area contributed by atoms with Gasteiger partial charge in [-0.3, -0.25) is 4.79 Å². The maximum absolute atomic E-state index is 12.4. The van der Waals surface area contributed by atoms with Crippen molar-refractivity contribution in [3.05, 3.63) is 71.3 Å². The molecule has 3 aromatic rings. The van der Waals surface area contributed by atoms with Crippen LogP contribution in [0.4, 0.5) is 0 Å². The molecule has 0 fully saturated rings. The zero-order chi connectivity index (χ0) is 23.9. The first kappa shape index (κ1) is 22.8. The van der Waals surface area contributed by atoms with E-state index in [1.807, 2.05) is 24.3 Å². The Morgan fingerprint density at radius 1 is 0.912 bits per heavy atom. The number of nitrogens with one attached hydrogen (secondary N) is 1. The van der Waals surface area contributed by atoms with E-state index in [0.29, 0.717) is 40.9 Å². The number of amides is 1. The minimum atomic E-state index is -0.399. The fourth-order valence-electron chi connectivity index (χ4n) is 3.24. The highest BCUT2D eigenvalue weighted by Crippen LogP contribution is 2.34. The molecule has 0 aromatic heterocycles. The number of rotatable bonds is 9. The molecular formula is C25H24N2O7. The summed E-state index contributed by atoms with van der Waals surface area (Å²) in [5.41, 5.74) is 4.51. The zero-order valence-electron chi connectivity index (χ0n) is 19.0. The second-order valence-electron chi connectivity index (χ2n) is 7.19. The van der Waals surface area contributed by atoms with E-state index < -0.39 is 5.91 Å². The van der Waals surface area contributed by atoms with Gasteiger partial charge in [0.2, 0.25) is 6.79 Å². The topological polar surface area (TPSA) is 96.8 Å². The molecule has 0 radical (unpaired) electrons. The first-order chi connectivity index (χ1) is 16.6. The summed E-state index contributed by atoms with van der Waals surface area (Å²) in [7, 11) is 4.59. The highest BCUT2D eigenvalue weighted by Gasteiger charge is 2.14. The number of fused-ring (bicyclic) bond motifs is 1. The lowest BCUT2D eigenvalue weighted by Gasteiger charge is -2.11. The van der Waals surface area contributed by atoms with Crippen molar-refractivity contribution in [2.75, 3.05) is 28.1 Å². The Kier molecular flexibility index (Phi) is 7.02. The predicted molar refractivity (Wildman–Crippen MR) is 124 cm³/mol. The van der Waals surface area contributed by atoms with Gasteiger partial charge in [-0.25, -0.2) is 5.43 Å². The van der Waals surface area contributed by atoms with Crippen molar-refractivity contribution in [3.8, 4) is 34.5 Å². The monoisotopic (exact) mass is 464 g/mol. The molecule has 1 amide bonds. The number of hydrogen-bond acceptors (Lipinski definition) is 8. The maximum Gasteiger partial charge on any atom is 0.271 e. The fourth-order valence-corrected chi connectivity index (χ4v) is 3.24. The molecular weight excluding hydrogens is 440 g/mol. The highest BCUT2D eigenvalue weighted by atomic mass is 16.7. The molecule has 0 saturated heterocycles. The molecule has 0 unspecified atom stereocenters. The molecule has 176 valence electrons. The minimum absolute atomic E-state index is 0.227. The van der Waals surface area contributed by atoms with Gasteiger partial charge in [0.25, 0.3) is 5.91 Å². The molecule has 1 heterocycles. The van der Waals surface area contributed by atoms with Gasteiger partial charge in [0.1, 0.15) is 18.1 Å². The fraction of sp³-hybridized carbons (Fsp3) is 0.200. The summed E-state index contributed by atoms with van der Waals surface area (Å²) >= 11 is 0. The van der Waals surface area contributed by atoms with Crippen molar-refractivity contribution in [2.24, 2.45) is 5.10 Å². The number of nitrogens with zero attached hydrogens (tertiary/aromatic N) is 1. The lowest BCUT2D eigenvalue weighted by Crippen LogP contribution is -2.17. The number of carbonyl (C=O) groups excluding carboxylic acids is 1. The van der Waals surface area contributed by atoms with Gasteiger partial charge >= 0.3 is 0 Å². The van der Waals surface area contributed by atoms with Crippen molar-refractivity contribution in [1.82, 2.24) is 5.43 Å². The van der Waals surface area contributed by atoms with Crippen molar-refractivity contribution >= 4 is 12.1 Å².